The fourth-order valence-electron chi connectivity index (χ4n) is 4.51. The highest BCUT2D eigenvalue weighted by atomic mass is 35.5. The number of fused-ring (bicyclic) bond motifs is 3. The number of hydrogen-bond acceptors (Lipinski definition) is 4. The monoisotopic (exact) mass is 412 g/mol. The molecule has 2 aromatic rings. The first-order valence-electron chi connectivity index (χ1n) is 9.89. The maximum atomic E-state index is 13.4. The van der Waals surface area contributed by atoms with Gasteiger partial charge in [0.1, 0.15) is 5.54 Å². The van der Waals surface area contributed by atoms with E-state index in [1.807, 2.05) is 24.3 Å². The van der Waals surface area contributed by atoms with Gasteiger partial charge in [-0.25, -0.2) is 4.79 Å². The van der Waals surface area contributed by atoms with Crippen LogP contribution in [0.25, 0.3) is 0 Å². The van der Waals surface area contributed by atoms with Gasteiger partial charge in [-0.3, -0.25) is 9.69 Å². The van der Waals surface area contributed by atoms with E-state index in [1.165, 1.54) is 4.90 Å². The number of imide groups is 1. The van der Waals surface area contributed by atoms with Gasteiger partial charge in [0.05, 0.1) is 24.8 Å². The molecule has 5 rings (SSSR count). The van der Waals surface area contributed by atoms with Crippen LogP contribution in [0, 0.1) is 0 Å². The summed E-state index contributed by atoms with van der Waals surface area (Å²) in [4.78, 5) is 27.5. The normalized spacial score (nSPS) is 23.0. The lowest BCUT2D eigenvalue weighted by atomic mass is 9.76. The fraction of sp³-hybridized carbons (Fsp3) is 0.364. The van der Waals surface area contributed by atoms with E-state index in [-0.39, 0.29) is 18.5 Å². The molecule has 2 heterocycles. The van der Waals surface area contributed by atoms with Crippen LogP contribution in [0.3, 0.4) is 0 Å². The molecule has 0 bridgehead atoms. The number of amides is 3. The highest BCUT2D eigenvalue weighted by molar-refractivity contribution is 6.32. The van der Waals surface area contributed by atoms with Crippen LogP contribution in [0.1, 0.15) is 36.0 Å². The van der Waals surface area contributed by atoms with Gasteiger partial charge in [-0.1, -0.05) is 35.9 Å². The van der Waals surface area contributed by atoms with E-state index in [0.717, 1.165) is 36.0 Å². The fourth-order valence-corrected chi connectivity index (χ4v) is 4.80. The molecule has 0 aromatic heterocycles. The van der Waals surface area contributed by atoms with Gasteiger partial charge in [0, 0.05) is 6.42 Å². The van der Waals surface area contributed by atoms with Gasteiger partial charge < -0.3 is 14.8 Å². The molecule has 1 spiro atoms. The van der Waals surface area contributed by atoms with Crippen molar-refractivity contribution in [1.29, 1.82) is 0 Å². The summed E-state index contributed by atoms with van der Waals surface area (Å²) in [6.07, 6.45) is 3.15. The zero-order chi connectivity index (χ0) is 20.0. The van der Waals surface area contributed by atoms with Crippen molar-refractivity contribution in [2.24, 2.45) is 0 Å². The van der Waals surface area contributed by atoms with E-state index < -0.39 is 5.54 Å². The predicted octanol–water partition coefficient (Wildman–Crippen LogP) is 3.78. The predicted molar refractivity (Wildman–Crippen MR) is 107 cm³/mol. The molecule has 1 N–H and O–H groups in total. The molecule has 150 valence electrons. The third kappa shape index (κ3) is 2.94. The van der Waals surface area contributed by atoms with Crippen molar-refractivity contribution in [3.8, 4) is 11.5 Å². The van der Waals surface area contributed by atoms with Crippen molar-refractivity contribution in [1.82, 2.24) is 10.2 Å². The van der Waals surface area contributed by atoms with E-state index in [1.54, 1.807) is 12.1 Å². The molecule has 6 nitrogen and oxygen atoms in total. The second-order valence-electron chi connectivity index (χ2n) is 7.69. The summed E-state index contributed by atoms with van der Waals surface area (Å²) in [5, 5.41) is 3.40. The maximum absolute atomic E-state index is 13.4. The van der Waals surface area contributed by atoms with Gasteiger partial charge in [-0.05, 0) is 48.1 Å². The van der Waals surface area contributed by atoms with Gasteiger partial charge >= 0.3 is 6.03 Å². The van der Waals surface area contributed by atoms with Crippen molar-refractivity contribution in [2.75, 3.05) is 13.2 Å². The molecule has 3 aliphatic rings. The minimum atomic E-state index is -0.971. The number of carbonyl (C=O) groups excluding carboxylic acids is 2. The van der Waals surface area contributed by atoms with E-state index >= 15 is 0 Å². The first-order valence-corrected chi connectivity index (χ1v) is 10.3. The highest BCUT2D eigenvalue weighted by Gasteiger charge is 2.53. The molecule has 0 unspecified atom stereocenters. The van der Waals surface area contributed by atoms with Crippen LogP contribution >= 0.6 is 11.6 Å². The summed E-state index contributed by atoms with van der Waals surface area (Å²) in [6.45, 7) is 1.21. The Morgan fingerprint density at radius 2 is 1.93 bits per heavy atom. The molecule has 7 heteroatoms. The van der Waals surface area contributed by atoms with Crippen molar-refractivity contribution in [3.63, 3.8) is 0 Å². The molecule has 1 atom stereocenters. The Bertz CT molecular complexity index is 1010. The van der Waals surface area contributed by atoms with Gasteiger partial charge in [-0.15, -0.1) is 0 Å². The first kappa shape index (κ1) is 18.3. The molecular formula is C22H21ClN2O4. The lowest BCUT2D eigenvalue weighted by Crippen LogP contribution is -2.46. The number of urea groups is 1. The Balaban J connectivity index is 1.47. The number of hydrogen-bond donors (Lipinski definition) is 1. The second kappa shape index (κ2) is 6.95. The quantitative estimate of drug-likeness (QED) is 0.762. The van der Waals surface area contributed by atoms with Crippen LogP contribution in [-0.4, -0.2) is 30.1 Å². The van der Waals surface area contributed by atoms with Crippen LogP contribution in [0.4, 0.5) is 4.79 Å². The van der Waals surface area contributed by atoms with Crippen LogP contribution in [0.5, 0.6) is 11.5 Å². The minimum Gasteiger partial charge on any atom is -0.489 e. The maximum Gasteiger partial charge on any atom is 0.325 e. The molecule has 1 saturated heterocycles. The number of carbonyl (C=O) groups is 2. The van der Waals surface area contributed by atoms with Crippen molar-refractivity contribution in [2.45, 2.75) is 37.8 Å². The van der Waals surface area contributed by atoms with E-state index in [2.05, 4.69) is 5.32 Å². The lowest BCUT2D eigenvalue weighted by Gasteiger charge is -2.33. The van der Waals surface area contributed by atoms with E-state index in [0.29, 0.717) is 36.2 Å². The summed E-state index contributed by atoms with van der Waals surface area (Å²) in [6, 6.07) is 11.0. The average molecular weight is 413 g/mol. The van der Waals surface area contributed by atoms with Gasteiger partial charge in [0.2, 0.25) is 0 Å². The Kier molecular flexibility index (Phi) is 4.39. The highest BCUT2D eigenvalue weighted by Crippen LogP contribution is 2.42. The van der Waals surface area contributed by atoms with Gasteiger partial charge in [0.15, 0.2) is 11.5 Å². The van der Waals surface area contributed by atoms with Crippen molar-refractivity contribution >= 4 is 23.5 Å². The number of benzene rings is 2. The number of nitrogens with one attached hydrogen (secondary N) is 1. The van der Waals surface area contributed by atoms with Crippen molar-refractivity contribution < 1.29 is 19.1 Å². The zero-order valence-electron chi connectivity index (χ0n) is 15.9. The lowest BCUT2D eigenvalue weighted by molar-refractivity contribution is -0.132. The third-order valence-electron chi connectivity index (χ3n) is 5.85. The average Bonchev–Trinajstić information content (AvgIpc) is 2.89. The molecule has 29 heavy (non-hydrogen) atoms. The molecule has 2 aromatic carbocycles. The van der Waals surface area contributed by atoms with Crippen LogP contribution in [0.2, 0.25) is 5.02 Å². The zero-order valence-corrected chi connectivity index (χ0v) is 16.6. The number of halogens is 1. The number of ether oxygens (including phenoxy) is 2. The summed E-state index contributed by atoms with van der Waals surface area (Å²) in [7, 11) is 0. The Morgan fingerprint density at radius 1 is 1.10 bits per heavy atom. The molecule has 0 radical (unpaired) electrons. The number of aryl methyl sites for hydroxylation is 1. The number of rotatable bonds is 2. The van der Waals surface area contributed by atoms with Crippen LogP contribution < -0.4 is 14.8 Å². The number of nitrogens with zero attached hydrogens (tertiary/aromatic N) is 1. The largest absolute Gasteiger partial charge is 0.489 e. The Labute approximate surface area is 173 Å². The summed E-state index contributed by atoms with van der Waals surface area (Å²) < 4.78 is 11.4. The Morgan fingerprint density at radius 3 is 2.83 bits per heavy atom. The van der Waals surface area contributed by atoms with Crippen molar-refractivity contribution in [3.05, 3.63) is 58.1 Å². The third-order valence-corrected chi connectivity index (χ3v) is 6.13. The van der Waals surface area contributed by atoms with E-state index in [4.69, 9.17) is 21.1 Å². The first-order chi connectivity index (χ1) is 14.1. The molecule has 1 aliphatic carbocycles. The molecule has 2 aliphatic heterocycles. The minimum absolute atomic E-state index is 0.130. The summed E-state index contributed by atoms with van der Waals surface area (Å²) in [5.41, 5.74) is 1.78. The van der Waals surface area contributed by atoms with Gasteiger partial charge in [0.25, 0.3) is 5.91 Å². The molecular weight excluding hydrogens is 392 g/mol. The topological polar surface area (TPSA) is 67.9 Å². The summed E-state index contributed by atoms with van der Waals surface area (Å²) >= 11 is 6.38. The SMILES string of the molecule is O=C1N[C@]2(CCCc3ccccc32)C(=O)N1Cc1cc(Cl)c2c(c1)OCCCO2. The van der Waals surface area contributed by atoms with E-state index in [9.17, 15) is 9.59 Å². The van der Waals surface area contributed by atoms with Crippen LogP contribution in [-0.2, 0) is 23.3 Å². The standard InChI is InChI=1S/C22H21ClN2O4/c23-17-11-14(12-18-19(17)29-10-4-9-28-18)13-25-20(26)22(24-21(25)27)8-3-6-15-5-1-2-7-16(15)22/h1-2,5,7,11-12H,3-4,6,8-10,13H2,(H,24,27)/t22-/m0/s1. The molecule has 3 amide bonds. The Hall–Kier alpha value is -2.73. The van der Waals surface area contributed by atoms with Crippen LogP contribution in [0.15, 0.2) is 36.4 Å². The smallest absolute Gasteiger partial charge is 0.325 e. The second-order valence-corrected chi connectivity index (χ2v) is 8.10. The molecule has 0 saturated carbocycles. The summed E-state index contributed by atoms with van der Waals surface area (Å²) in [5.74, 6) is 0.857. The van der Waals surface area contributed by atoms with Gasteiger partial charge in [-0.2, -0.15) is 0 Å². The molecule has 1 fully saturated rings.